The van der Waals surface area contributed by atoms with Crippen molar-refractivity contribution in [2.24, 2.45) is 17.8 Å². The van der Waals surface area contributed by atoms with Crippen LogP contribution >= 0.6 is 0 Å². The second-order valence-electron chi connectivity index (χ2n) is 5.30. The third-order valence-corrected chi connectivity index (χ3v) is 2.76. The minimum Gasteiger partial charge on any atom is -0.346 e. The highest BCUT2D eigenvalue weighted by atomic mass is 16.7. The lowest BCUT2D eigenvalue weighted by atomic mass is 9.94. The fourth-order valence-corrected chi connectivity index (χ4v) is 1.88. The normalized spacial score (nSPS) is 33.6. The topological polar surface area (TPSA) is 18.5 Å². The highest BCUT2D eigenvalue weighted by Crippen LogP contribution is 2.32. The molecular formula is C12H24O2. The molecule has 2 heteroatoms. The van der Waals surface area contributed by atoms with Crippen LogP contribution in [-0.2, 0) is 9.47 Å². The van der Waals surface area contributed by atoms with E-state index >= 15 is 0 Å². The van der Waals surface area contributed by atoms with Gasteiger partial charge in [-0.15, -0.1) is 0 Å². The molecule has 14 heavy (non-hydrogen) atoms. The quantitative estimate of drug-likeness (QED) is 0.697. The first kappa shape index (κ1) is 12.0. The Labute approximate surface area is 88.0 Å². The molecule has 0 aromatic rings. The molecule has 1 aliphatic rings. The molecule has 2 nitrogen and oxygen atoms in total. The summed E-state index contributed by atoms with van der Waals surface area (Å²) in [6.07, 6.45) is 0.527. The molecule has 84 valence electrons. The van der Waals surface area contributed by atoms with Crippen molar-refractivity contribution < 1.29 is 9.47 Å². The predicted molar refractivity (Wildman–Crippen MR) is 58.0 cm³/mol. The van der Waals surface area contributed by atoms with Crippen LogP contribution in [0.25, 0.3) is 0 Å². The first-order valence-corrected chi connectivity index (χ1v) is 5.74. The van der Waals surface area contributed by atoms with E-state index in [1.165, 1.54) is 0 Å². The van der Waals surface area contributed by atoms with Gasteiger partial charge in [-0.2, -0.15) is 0 Å². The molecule has 0 saturated carbocycles. The summed E-state index contributed by atoms with van der Waals surface area (Å²) in [6, 6.07) is 0. The van der Waals surface area contributed by atoms with E-state index in [0.29, 0.717) is 17.8 Å². The van der Waals surface area contributed by atoms with Gasteiger partial charge in [-0.1, -0.05) is 41.5 Å². The van der Waals surface area contributed by atoms with Gasteiger partial charge in [0.05, 0.1) is 12.2 Å². The van der Waals surface area contributed by atoms with Gasteiger partial charge >= 0.3 is 0 Å². The molecule has 1 aliphatic heterocycles. The Bertz CT molecular complexity index is 159. The summed E-state index contributed by atoms with van der Waals surface area (Å²) in [6.45, 7) is 13.1. The highest BCUT2D eigenvalue weighted by Gasteiger charge is 2.40. The van der Waals surface area contributed by atoms with Crippen LogP contribution in [0.15, 0.2) is 0 Å². The highest BCUT2D eigenvalue weighted by molar-refractivity contribution is 4.82. The van der Waals surface area contributed by atoms with E-state index in [-0.39, 0.29) is 18.5 Å². The lowest BCUT2D eigenvalue weighted by Crippen LogP contribution is -2.31. The van der Waals surface area contributed by atoms with E-state index < -0.39 is 0 Å². The van der Waals surface area contributed by atoms with Crippen LogP contribution < -0.4 is 0 Å². The van der Waals surface area contributed by atoms with Crippen LogP contribution in [0.4, 0.5) is 0 Å². The van der Waals surface area contributed by atoms with Gasteiger partial charge in [0.1, 0.15) is 0 Å². The second-order valence-corrected chi connectivity index (χ2v) is 5.30. The molecule has 1 fully saturated rings. The summed E-state index contributed by atoms with van der Waals surface area (Å²) in [5.41, 5.74) is 0. The lowest BCUT2D eigenvalue weighted by molar-refractivity contribution is -0.102. The third kappa shape index (κ3) is 2.48. The van der Waals surface area contributed by atoms with E-state index in [2.05, 4.69) is 41.5 Å². The zero-order valence-corrected chi connectivity index (χ0v) is 10.3. The molecule has 1 rings (SSSR count). The Morgan fingerprint density at radius 2 is 1.00 bits per heavy atom. The standard InChI is InChI=1S/C12H24O2/c1-7(2)10-11(8(3)4)14-12(13-10)9(5)6/h7-12H,1-6H3/t10-,11+,12?. The number of ether oxygens (including phenoxy) is 2. The molecule has 0 aromatic carbocycles. The monoisotopic (exact) mass is 200 g/mol. The van der Waals surface area contributed by atoms with Crippen LogP contribution in [0.5, 0.6) is 0 Å². The van der Waals surface area contributed by atoms with Gasteiger partial charge in [0, 0.05) is 5.92 Å². The maximum atomic E-state index is 5.94. The van der Waals surface area contributed by atoms with Crippen molar-refractivity contribution in [2.45, 2.75) is 60.0 Å². The smallest absolute Gasteiger partial charge is 0.160 e. The van der Waals surface area contributed by atoms with Crippen LogP contribution in [0.1, 0.15) is 41.5 Å². The maximum Gasteiger partial charge on any atom is 0.160 e. The average Bonchev–Trinajstić information content (AvgIpc) is 2.47. The molecule has 0 amide bonds. The van der Waals surface area contributed by atoms with Gasteiger partial charge in [0.25, 0.3) is 0 Å². The molecule has 0 aliphatic carbocycles. The Balaban J connectivity index is 2.65. The maximum absolute atomic E-state index is 5.94. The van der Waals surface area contributed by atoms with E-state index in [4.69, 9.17) is 9.47 Å². The molecule has 3 atom stereocenters. The number of hydrogen-bond donors (Lipinski definition) is 0. The minimum atomic E-state index is -0.00481. The largest absolute Gasteiger partial charge is 0.346 e. The first-order chi connectivity index (χ1) is 6.43. The van der Waals surface area contributed by atoms with Crippen LogP contribution in [0, 0.1) is 17.8 Å². The van der Waals surface area contributed by atoms with Gasteiger partial charge in [-0.3, -0.25) is 0 Å². The van der Waals surface area contributed by atoms with Gasteiger partial charge < -0.3 is 9.47 Å². The number of hydrogen-bond acceptors (Lipinski definition) is 2. The fraction of sp³-hybridized carbons (Fsp3) is 1.00. The summed E-state index contributed by atoms with van der Waals surface area (Å²) in [5, 5.41) is 0. The summed E-state index contributed by atoms with van der Waals surface area (Å²) < 4.78 is 11.9. The third-order valence-electron chi connectivity index (χ3n) is 2.76. The zero-order valence-electron chi connectivity index (χ0n) is 10.3. The van der Waals surface area contributed by atoms with E-state index in [1.54, 1.807) is 0 Å². The predicted octanol–water partition coefficient (Wildman–Crippen LogP) is 3.06. The van der Waals surface area contributed by atoms with Crippen molar-refractivity contribution in [3.63, 3.8) is 0 Å². The van der Waals surface area contributed by atoms with Gasteiger partial charge in [0.15, 0.2) is 6.29 Å². The lowest BCUT2D eigenvalue weighted by Gasteiger charge is -2.22. The molecule has 0 aromatic heterocycles. The summed E-state index contributed by atoms with van der Waals surface area (Å²) in [5.74, 6) is 1.51. The van der Waals surface area contributed by atoms with E-state index in [1.807, 2.05) is 0 Å². The van der Waals surface area contributed by atoms with E-state index in [0.717, 1.165) is 0 Å². The Hall–Kier alpha value is -0.0800. The molecular weight excluding hydrogens is 176 g/mol. The second kappa shape index (κ2) is 4.63. The summed E-state index contributed by atoms with van der Waals surface area (Å²) >= 11 is 0. The van der Waals surface area contributed by atoms with Gasteiger partial charge in [0.2, 0.25) is 0 Å². The molecule has 0 spiro atoms. The molecule has 0 N–H and O–H groups in total. The molecule has 1 unspecified atom stereocenters. The van der Waals surface area contributed by atoms with Gasteiger partial charge in [-0.05, 0) is 11.8 Å². The Kier molecular flexibility index (Phi) is 3.96. The molecule has 0 radical (unpaired) electrons. The molecule has 0 bridgehead atoms. The SMILES string of the molecule is CC(C)C1O[C@H](C(C)C)[C@H](C(C)C)O1. The van der Waals surface area contributed by atoms with Crippen LogP contribution in [-0.4, -0.2) is 18.5 Å². The van der Waals surface area contributed by atoms with E-state index in [9.17, 15) is 0 Å². The van der Waals surface area contributed by atoms with Crippen molar-refractivity contribution in [3.05, 3.63) is 0 Å². The molecule has 1 saturated heterocycles. The minimum absolute atomic E-state index is 0.00481. The average molecular weight is 200 g/mol. The zero-order chi connectivity index (χ0) is 10.9. The van der Waals surface area contributed by atoms with Gasteiger partial charge in [-0.25, -0.2) is 0 Å². The van der Waals surface area contributed by atoms with Crippen LogP contribution in [0.3, 0.4) is 0 Å². The van der Waals surface area contributed by atoms with Crippen molar-refractivity contribution in [1.29, 1.82) is 0 Å². The molecule has 1 heterocycles. The van der Waals surface area contributed by atoms with Crippen molar-refractivity contribution in [1.82, 2.24) is 0 Å². The Morgan fingerprint density at radius 3 is 1.21 bits per heavy atom. The number of rotatable bonds is 3. The summed E-state index contributed by atoms with van der Waals surface area (Å²) in [4.78, 5) is 0. The van der Waals surface area contributed by atoms with Crippen molar-refractivity contribution in [2.75, 3.05) is 0 Å². The van der Waals surface area contributed by atoms with Crippen molar-refractivity contribution >= 4 is 0 Å². The fourth-order valence-electron chi connectivity index (χ4n) is 1.88. The van der Waals surface area contributed by atoms with Crippen molar-refractivity contribution in [3.8, 4) is 0 Å². The Morgan fingerprint density at radius 1 is 0.643 bits per heavy atom. The van der Waals surface area contributed by atoms with Crippen LogP contribution in [0.2, 0.25) is 0 Å². The first-order valence-electron chi connectivity index (χ1n) is 5.74. The summed E-state index contributed by atoms with van der Waals surface area (Å²) in [7, 11) is 0.